The first kappa shape index (κ1) is 14.4. The summed E-state index contributed by atoms with van der Waals surface area (Å²) in [6, 6.07) is 3.76. The van der Waals surface area contributed by atoms with Crippen molar-refractivity contribution in [2.45, 2.75) is 13.0 Å². The number of benzene rings is 1. The van der Waals surface area contributed by atoms with Gasteiger partial charge in [0.05, 0.1) is 5.69 Å². The van der Waals surface area contributed by atoms with Crippen molar-refractivity contribution in [1.82, 2.24) is 10.3 Å². The predicted molar refractivity (Wildman–Crippen MR) is 75.6 cm³/mol. The molecule has 1 heterocycles. The standard InChI is InChI=1S/C13H14FN3O2S/c1-7(15-2)9-6-20-13(16-9)17-12(19)11-8(14)4-3-5-10(11)18/h3-7,15,18H,1-2H3,(H,16,17,19). The largest absolute Gasteiger partial charge is 0.507 e. The van der Waals surface area contributed by atoms with Crippen LogP contribution < -0.4 is 10.6 Å². The molecule has 0 saturated heterocycles. The fourth-order valence-electron chi connectivity index (χ4n) is 1.59. The average molecular weight is 295 g/mol. The number of carbonyl (C=O) groups excluding carboxylic acids is 1. The molecule has 3 N–H and O–H groups in total. The Kier molecular flexibility index (Phi) is 4.31. The summed E-state index contributed by atoms with van der Waals surface area (Å²) in [7, 11) is 1.81. The van der Waals surface area contributed by atoms with Crippen molar-refractivity contribution in [2.75, 3.05) is 12.4 Å². The van der Waals surface area contributed by atoms with E-state index < -0.39 is 17.5 Å². The summed E-state index contributed by atoms with van der Waals surface area (Å²) < 4.78 is 13.5. The summed E-state index contributed by atoms with van der Waals surface area (Å²) >= 11 is 1.24. The monoisotopic (exact) mass is 295 g/mol. The quantitative estimate of drug-likeness (QED) is 0.810. The molecule has 2 rings (SSSR count). The summed E-state index contributed by atoms with van der Waals surface area (Å²) in [5, 5.41) is 17.2. The maximum atomic E-state index is 13.5. The summed E-state index contributed by atoms with van der Waals surface area (Å²) in [6.07, 6.45) is 0. The van der Waals surface area contributed by atoms with E-state index in [0.717, 1.165) is 11.8 Å². The van der Waals surface area contributed by atoms with Crippen LogP contribution in [0.4, 0.5) is 9.52 Å². The van der Waals surface area contributed by atoms with Gasteiger partial charge in [-0.3, -0.25) is 10.1 Å². The molecule has 7 heteroatoms. The Balaban J connectivity index is 2.18. The highest BCUT2D eigenvalue weighted by Crippen LogP contribution is 2.24. The number of phenolic OH excluding ortho intramolecular Hbond substituents is 1. The van der Waals surface area contributed by atoms with Gasteiger partial charge in [0.1, 0.15) is 17.1 Å². The first-order chi connectivity index (χ1) is 9.52. The number of halogens is 1. The van der Waals surface area contributed by atoms with Crippen LogP contribution in [0.25, 0.3) is 0 Å². The Hall–Kier alpha value is -1.99. The minimum absolute atomic E-state index is 0.0544. The van der Waals surface area contributed by atoms with E-state index in [0.29, 0.717) is 5.13 Å². The van der Waals surface area contributed by atoms with Crippen LogP contribution in [0.15, 0.2) is 23.6 Å². The predicted octanol–water partition coefficient (Wildman–Crippen LogP) is 2.52. The second kappa shape index (κ2) is 5.98. The zero-order chi connectivity index (χ0) is 14.7. The molecule has 0 radical (unpaired) electrons. The Labute approximate surface area is 119 Å². The molecule has 20 heavy (non-hydrogen) atoms. The summed E-state index contributed by atoms with van der Waals surface area (Å²) in [5.74, 6) is -1.90. The van der Waals surface area contributed by atoms with Gasteiger partial charge in [-0.25, -0.2) is 9.37 Å². The maximum absolute atomic E-state index is 13.5. The third-order valence-electron chi connectivity index (χ3n) is 2.84. The number of nitrogens with zero attached hydrogens (tertiary/aromatic N) is 1. The van der Waals surface area contributed by atoms with Gasteiger partial charge in [-0.15, -0.1) is 11.3 Å². The van der Waals surface area contributed by atoms with E-state index in [4.69, 9.17) is 0 Å². The molecule has 2 aromatic rings. The van der Waals surface area contributed by atoms with Gasteiger partial charge in [0.15, 0.2) is 5.13 Å². The molecule has 1 aromatic heterocycles. The lowest BCUT2D eigenvalue weighted by atomic mass is 10.2. The molecule has 1 unspecified atom stereocenters. The molecule has 1 atom stereocenters. The molecule has 0 aliphatic rings. The van der Waals surface area contributed by atoms with Crippen LogP contribution in [-0.4, -0.2) is 23.0 Å². The number of hydrogen-bond donors (Lipinski definition) is 3. The molecule has 0 spiro atoms. The number of rotatable bonds is 4. The third-order valence-corrected chi connectivity index (χ3v) is 3.61. The number of anilines is 1. The zero-order valence-corrected chi connectivity index (χ0v) is 11.8. The van der Waals surface area contributed by atoms with Crippen LogP contribution in [0.3, 0.4) is 0 Å². The Morgan fingerprint density at radius 1 is 1.50 bits per heavy atom. The first-order valence-corrected chi connectivity index (χ1v) is 6.82. The smallest absolute Gasteiger partial charge is 0.264 e. The van der Waals surface area contributed by atoms with Crippen LogP contribution in [-0.2, 0) is 0 Å². The normalized spacial score (nSPS) is 12.2. The Bertz CT molecular complexity index is 610. The molecule has 0 aliphatic carbocycles. The minimum Gasteiger partial charge on any atom is -0.507 e. The first-order valence-electron chi connectivity index (χ1n) is 5.94. The van der Waals surface area contributed by atoms with Crippen molar-refractivity contribution in [1.29, 1.82) is 0 Å². The van der Waals surface area contributed by atoms with E-state index >= 15 is 0 Å². The lowest BCUT2D eigenvalue weighted by molar-refractivity contribution is 0.102. The number of hydrogen-bond acceptors (Lipinski definition) is 5. The van der Waals surface area contributed by atoms with Crippen molar-refractivity contribution in [3.8, 4) is 5.75 Å². The fraction of sp³-hybridized carbons (Fsp3) is 0.231. The second-order valence-corrected chi connectivity index (χ2v) is 5.03. The van der Waals surface area contributed by atoms with Crippen molar-refractivity contribution in [3.63, 3.8) is 0 Å². The molecule has 0 saturated carbocycles. The average Bonchev–Trinajstić information content (AvgIpc) is 2.86. The highest BCUT2D eigenvalue weighted by Gasteiger charge is 2.18. The van der Waals surface area contributed by atoms with Crippen LogP contribution in [0, 0.1) is 5.82 Å². The summed E-state index contributed by atoms with van der Waals surface area (Å²) in [4.78, 5) is 16.2. The molecule has 106 valence electrons. The van der Waals surface area contributed by atoms with E-state index in [-0.39, 0.29) is 11.6 Å². The SMILES string of the molecule is CNC(C)c1csc(NC(=O)c2c(O)cccc2F)n1. The van der Waals surface area contributed by atoms with E-state index in [1.165, 1.54) is 23.5 Å². The Morgan fingerprint density at radius 2 is 2.25 bits per heavy atom. The fourth-order valence-corrected chi connectivity index (χ4v) is 2.39. The van der Waals surface area contributed by atoms with Gasteiger partial charge in [0.25, 0.3) is 5.91 Å². The molecule has 1 aromatic carbocycles. The highest BCUT2D eigenvalue weighted by molar-refractivity contribution is 7.14. The third kappa shape index (κ3) is 2.94. The van der Waals surface area contributed by atoms with Crippen LogP contribution in [0.1, 0.15) is 29.0 Å². The van der Waals surface area contributed by atoms with Gasteiger partial charge in [-0.05, 0) is 26.1 Å². The molecule has 0 aliphatic heterocycles. The molecular weight excluding hydrogens is 281 g/mol. The van der Waals surface area contributed by atoms with E-state index in [1.807, 2.05) is 6.92 Å². The second-order valence-electron chi connectivity index (χ2n) is 4.18. The van der Waals surface area contributed by atoms with Gasteiger partial charge in [-0.2, -0.15) is 0 Å². The Morgan fingerprint density at radius 3 is 2.90 bits per heavy atom. The van der Waals surface area contributed by atoms with Gasteiger partial charge >= 0.3 is 0 Å². The van der Waals surface area contributed by atoms with E-state index in [2.05, 4.69) is 15.6 Å². The lowest BCUT2D eigenvalue weighted by Crippen LogP contribution is -2.15. The van der Waals surface area contributed by atoms with Crippen molar-refractivity contribution in [2.24, 2.45) is 0 Å². The van der Waals surface area contributed by atoms with Gasteiger partial charge in [-0.1, -0.05) is 6.07 Å². The zero-order valence-electron chi connectivity index (χ0n) is 11.0. The molecular formula is C13H14FN3O2S. The maximum Gasteiger partial charge on any atom is 0.264 e. The van der Waals surface area contributed by atoms with Crippen molar-refractivity contribution >= 4 is 22.4 Å². The number of aromatic hydroxyl groups is 1. The number of aromatic nitrogens is 1. The van der Waals surface area contributed by atoms with Crippen molar-refractivity contribution in [3.05, 3.63) is 40.7 Å². The minimum atomic E-state index is -0.775. The number of phenols is 1. The van der Waals surface area contributed by atoms with Crippen molar-refractivity contribution < 1.29 is 14.3 Å². The molecule has 5 nitrogen and oxygen atoms in total. The van der Waals surface area contributed by atoms with E-state index in [1.54, 1.807) is 12.4 Å². The number of carbonyl (C=O) groups is 1. The number of thiazole rings is 1. The number of nitrogens with one attached hydrogen (secondary N) is 2. The lowest BCUT2D eigenvalue weighted by Gasteiger charge is -2.06. The van der Waals surface area contributed by atoms with Gasteiger partial charge in [0, 0.05) is 11.4 Å². The molecule has 0 fully saturated rings. The van der Waals surface area contributed by atoms with Gasteiger partial charge in [0.2, 0.25) is 0 Å². The summed E-state index contributed by atoms with van der Waals surface area (Å²) in [5.41, 5.74) is 0.400. The highest BCUT2D eigenvalue weighted by atomic mass is 32.1. The molecule has 0 bridgehead atoms. The topological polar surface area (TPSA) is 74.2 Å². The van der Waals surface area contributed by atoms with Crippen LogP contribution >= 0.6 is 11.3 Å². The van der Waals surface area contributed by atoms with E-state index in [9.17, 15) is 14.3 Å². The molecule has 1 amide bonds. The van der Waals surface area contributed by atoms with Gasteiger partial charge < -0.3 is 10.4 Å². The number of amides is 1. The van der Waals surface area contributed by atoms with Crippen LogP contribution in [0.2, 0.25) is 0 Å². The summed E-state index contributed by atoms with van der Waals surface area (Å²) in [6.45, 7) is 1.93. The van der Waals surface area contributed by atoms with Crippen LogP contribution in [0.5, 0.6) is 5.75 Å².